The van der Waals surface area contributed by atoms with Gasteiger partial charge in [-0.05, 0) is 20.8 Å². The summed E-state index contributed by atoms with van der Waals surface area (Å²) in [6.45, 7) is 6.36. The quantitative estimate of drug-likeness (QED) is 0.846. The number of nitrogens with zero attached hydrogens (tertiary/aromatic N) is 3. The lowest BCUT2D eigenvalue weighted by molar-refractivity contribution is 0.244. The van der Waals surface area contributed by atoms with E-state index in [0.717, 1.165) is 10.6 Å². The lowest BCUT2D eigenvalue weighted by Gasteiger charge is -2.27. The molecule has 0 fully saturated rings. The van der Waals surface area contributed by atoms with E-state index < -0.39 is 10.2 Å². The Kier molecular flexibility index (Phi) is 5.00. The van der Waals surface area contributed by atoms with E-state index in [2.05, 4.69) is 15.6 Å². The predicted octanol–water partition coefficient (Wildman–Crippen LogP) is 1.23. The molecule has 0 saturated carbocycles. The van der Waals surface area contributed by atoms with Crippen molar-refractivity contribution in [3.63, 3.8) is 0 Å². The summed E-state index contributed by atoms with van der Waals surface area (Å²) in [6, 6.07) is -0.318. The molecule has 0 aromatic carbocycles. The predicted molar refractivity (Wildman–Crippen MR) is 90.7 cm³/mol. The van der Waals surface area contributed by atoms with Crippen LogP contribution in [-0.4, -0.2) is 54.2 Å². The number of aromatic nitrogens is 1. The van der Waals surface area contributed by atoms with Crippen molar-refractivity contribution in [2.24, 2.45) is 0 Å². The van der Waals surface area contributed by atoms with Gasteiger partial charge in [0, 0.05) is 37.5 Å². The second-order valence-corrected chi connectivity index (χ2v) is 9.82. The molecule has 1 aliphatic heterocycles. The van der Waals surface area contributed by atoms with Crippen molar-refractivity contribution in [2.75, 3.05) is 26.0 Å². The molecule has 10 heteroatoms. The second-order valence-electron chi connectivity index (χ2n) is 6.59. The number of hydrogen-bond donors (Lipinski definition) is 2. The fourth-order valence-electron chi connectivity index (χ4n) is 2.12. The van der Waals surface area contributed by atoms with Gasteiger partial charge in [0.25, 0.3) is 10.2 Å². The number of carbonyl (C=O) groups excluding carboxylic acids is 1. The molecule has 0 spiro atoms. The molecule has 2 amide bonds. The number of amides is 2. The van der Waals surface area contributed by atoms with Crippen LogP contribution in [0.15, 0.2) is 0 Å². The van der Waals surface area contributed by atoms with E-state index >= 15 is 0 Å². The maximum atomic E-state index is 12.2. The van der Waals surface area contributed by atoms with Crippen LogP contribution in [0.1, 0.15) is 31.3 Å². The average Bonchev–Trinajstić information content (AvgIpc) is 2.76. The Hall–Kier alpha value is -1.23. The molecule has 2 rings (SSSR count). The van der Waals surface area contributed by atoms with Crippen LogP contribution in [0.3, 0.4) is 0 Å². The van der Waals surface area contributed by atoms with Crippen molar-refractivity contribution in [1.29, 1.82) is 0 Å². The zero-order valence-electron chi connectivity index (χ0n) is 14.0. The number of nitrogens with one attached hydrogen (secondary N) is 2. The first-order valence-corrected chi connectivity index (χ1v) is 9.46. The Morgan fingerprint density at radius 1 is 1.35 bits per heavy atom. The Morgan fingerprint density at radius 2 is 2.00 bits per heavy atom. The average molecular weight is 361 g/mol. The Bertz CT molecular complexity index is 691. The van der Waals surface area contributed by atoms with Gasteiger partial charge in [-0.25, -0.2) is 9.78 Å². The number of hydrogen-bond acceptors (Lipinski definition) is 5. The van der Waals surface area contributed by atoms with Gasteiger partial charge < -0.3 is 5.32 Å². The summed E-state index contributed by atoms with van der Waals surface area (Å²) in [5.41, 5.74) is 0.517. The van der Waals surface area contributed by atoms with Crippen LogP contribution in [0.4, 0.5) is 9.93 Å². The standard InChI is InChI=1S/C13H23N5O3S2/c1-13(2,3)16-11(19)15-12-14-9-6-7-18(8-10(9)22-12)23(20,21)17(4)5/h6-8H2,1-5H3,(H2,14,15,16,19). The van der Waals surface area contributed by atoms with E-state index in [1.54, 1.807) is 0 Å². The van der Waals surface area contributed by atoms with Gasteiger partial charge in [0.15, 0.2) is 5.13 Å². The van der Waals surface area contributed by atoms with Crippen molar-refractivity contribution in [3.05, 3.63) is 10.6 Å². The number of carbonyl (C=O) groups is 1. The molecule has 2 N–H and O–H groups in total. The number of anilines is 1. The van der Waals surface area contributed by atoms with E-state index in [9.17, 15) is 13.2 Å². The highest BCUT2D eigenvalue weighted by molar-refractivity contribution is 7.86. The molecular weight excluding hydrogens is 338 g/mol. The topological polar surface area (TPSA) is 94.6 Å². The third-order valence-electron chi connectivity index (χ3n) is 3.19. The monoisotopic (exact) mass is 361 g/mol. The van der Waals surface area contributed by atoms with Gasteiger partial charge in [0.05, 0.1) is 12.2 Å². The van der Waals surface area contributed by atoms with E-state index in [1.807, 2.05) is 20.8 Å². The molecule has 23 heavy (non-hydrogen) atoms. The zero-order chi connectivity index (χ0) is 17.4. The van der Waals surface area contributed by atoms with Gasteiger partial charge in [-0.2, -0.15) is 17.0 Å². The first-order valence-electron chi connectivity index (χ1n) is 7.24. The lowest BCUT2D eigenvalue weighted by atomic mass is 10.1. The van der Waals surface area contributed by atoms with Crippen LogP contribution >= 0.6 is 11.3 Å². The lowest BCUT2D eigenvalue weighted by Crippen LogP contribution is -2.43. The van der Waals surface area contributed by atoms with Gasteiger partial charge in [0.2, 0.25) is 0 Å². The van der Waals surface area contributed by atoms with Gasteiger partial charge in [-0.3, -0.25) is 5.32 Å². The van der Waals surface area contributed by atoms with Crippen molar-refractivity contribution in [3.8, 4) is 0 Å². The molecular formula is C13H23N5O3S2. The van der Waals surface area contributed by atoms with Crippen LogP contribution in [0.5, 0.6) is 0 Å². The zero-order valence-corrected chi connectivity index (χ0v) is 15.6. The molecule has 2 heterocycles. The van der Waals surface area contributed by atoms with Crippen molar-refractivity contribution < 1.29 is 13.2 Å². The summed E-state index contributed by atoms with van der Waals surface area (Å²) in [7, 11) is -0.404. The number of fused-ring (bicyclic) bond motifs is 1. The SMILES string of the molecule is CN(C)S(=O)(=O)N1CCc2nc(NC(=O)NC(C)(C)C)sc2C1. The third-order valence-corrected chi connectivity index (χ3v) is 6.08. The molecule has 0 atom stereocenters. The summed E-state index contributed by atoms with van der Waals surface area (Å²) in [6.07, 6.45) is 0.543. The van der Waals surface area contributed by atoms with Crippen LogP contribution < -0.4 is 10.6 Å². The first kappa shape index (κ1) is 18.1. The smallest absolute Gasteiger partial charge is 0.321 e. The second kappa shape index (κ2) is 6.34. The molecule has 130 valence electrons. The van der Waals surface area contributed by atoms with E-state index in [-0.39, 0.29) is 18.1 Å². The molecule has 0 bridgehead atoms. The Morgan fingerprint density at radius 3 is 2.57 bits per heavy atom. The molecule has 0 saturated heterocycles. The largest absolute Gasteiger partial charge is 0.333 e. The van der Waals surface area contributed by atoms with Gasteiger partial charge in [0.1, 0.15) is 0 Å². The molecule has 0 aliphatic carbocycles. The fourth-order valence-corrected chi connectivity index (χ4v) is 4.30. The number of urea groups is 1. The highest BCUT2D eigenvalue weighted by atomic mass is 32.2. The normalized spacial score (nSPS) is 16.3. The van der Waals surface area contributed by atoms with Gasteiger partial charge in [-0.1, -0.05) is 11.3 Å². The minimum atomic E-state index is -3.43. The molecule has 8 nitrogen and oxygen atoms in total. The molecule has 1 aromatic heterocycles. The summed E-state index contributed by atoms with van der Waals surface area (Å²) >= 11 is 1.31. The van der Waals surface area contributed by atoms with Crippen molar-refractivity contribution in [2.45, 2.75) is 39.3 Å². The van der Waals surface area contributed by atoms with E-state index in [4.69, 9.17) is 0 Å². The Balaban J connectivity index is 2.09. The highest BCUT2D eigenvalue weighted by Gasteiger charge is 2.30. The molecule has 1 aromatic rings. The number of rotatable bonds is 3. The number of thiazole rings is 1. The van der Waals surface area contributed by atoms with Crippen molar-refractivity contribution >= 4 is 32.7 Å². The minimum Gasteiger partial charge on any atom is -0.333 e. The van der Waals surface area contributed by atoms with Crippen LogP contribution in [-0.2, 0) is 23.2 Å². The van der Waals surface area contributed by atoms with Crippen LogP contribution in [0, 0.1) is 0 Å². The maximum absolute atomic E-state index is 12.2. The third kappa shape index (κ3) is 4.40. The van der Waals surface area contributed by atoms with E-state index in [1.165, 1.54) is 34.0 Å². The van der Waals surface area contributed by atoms with Crippen LogP contribution in [0.25, 0.3) is 0 Å². The summed E-state index contributed by atoms with van der Waals surface area (Å²) < 4.78 is 27.0. The summed E-state index contributed by atoms with van der Waals surface area (Å²) in [5.74, 6) is 0. The van der Waals surface area contributed by atoms with Crippen molar-refractivity contribution in [1.82, 2.24) is 18.9 Å². The summed E-state index contributed by atoms with van der Waals surface area (Å²) in [5, 5.41) is 6.00. The van der Waals surface area contributed by atoms with Crippen LogP contribution in [0.2, 0.25) is 0 Å². The fraction of sp³-hybridized carbons (Fsp3) is 0.692. The molecule has 1 aliphatic rings. The van der Waals surface area contributed by atoms with Gasteiger partial charge in [-0.15, -0.1) is 0 Å². The van der Waals surface area contributed by atoms with E-state index in [0.29, 0.717) is 18.1 Å². The maximum Gasteiger partial charge on any atom is 0.321 e. The highest BCUT2D eigenvalue weighted by Crippen LogP contribution is 2.29. The summed E-state index contributed by atoms with van der Waals surface area (Å²) in [4.78, 5) is 17.1. The molecule has 0 radical (unpaired) electrons. The van der Waals surface area contributed by atoms with Gasteiger partial charge >= 0.3 is 6.03 Å². The minimum absolute atomic E-state index is 0.288. The molecule has 0 unspecified atom stereocenters. The first-order chi connectivity index (χ1) is 10.5. The Labute approximate surface area is 141 Å².